The Hall–Kier alpha value is -1.40. The molecule has 1 amide bonds. The molecule has 2 rings (SSSR count). The average Bonchev–Trinajstić information content (AvgIpc) is 2.63. The lowest BCUT2D eigenvalue weighted by atomic mass is 10.1. The number of hydrogen-bond acceptors (Lipinski definition) is 4. The molecule has 108 valence electrons. The van der Waals surface area contributed by atoms with Crippen LogP contribution >= 0.6 is 15.9 Å². The number of carbonyl (C=O) groups excluding carboxylic acids is 2. The fourth-order valence-corrected chi connectivity index (χ4v) is 2.62. The van der Waals surface area contributed by atoms with Crippen molar-refractivity contribution < 1.29 is 14.3 Å². The Balaban J connectivity index is 2.17. The van der Waals surface area contributed by atoms with E-state index in [9.17, 15) is 9.59 Å². The van der Waals surface area contributed by atoms with Crippen LogP contribution in [0.2, 0.25) is 0 Å². The molecule has 0 aliphatic carbocycles. The monoisotopic (exact) mass is 340 g/mol. The van der Waals surface area contributed by atoms with Crippen LogP contribution in [0.5, 0.6) is 0 Å². The maximum Gasteiger partial charge on any atom is 0.338 e. The molecular weight excluding hydrogens is 324 g/mol. The van der Waals surface area contributed by atoms with E-state index in [1.807, 2.05) is 12.1 Å². The number of halogens is 1. The number of hydrogen-bond donors (Lipinski definition) is 1. The Bertz CT molecular complexity index is 519. The Morgan fingerprint density at radius 3 is 3.00 bits per heavy atom. The van der Waals surface area contributed by atoms with Gasteiger partial charge in [0.15, 0.2) is 0 Å². The van der Waals surface area contributed by atoms with E-state index in [0.29, 0.717) is 31.6 Å². The Morgan fingerprint density at radius 2 is 2.25 bits per heavy atom. The predicted octanol–water partition coefficient (Wildman–Crippen LogP) is 1.56. The summed E-state index contributed by atoms with van der Waals surface area (Å²) < 4.78 is 5.73. The molecule has 5 nitrogen and oxygen atoms in total. The van der Waals surface area contributed by atoms with Gasteiger partial charge in [-0.25, -0.2) is 4.79 Å². The zero-order valence-corrected chi connectivity index (χ0v) is 12.9. The molecule has 1 saturated heterocycles. The molecule has 1 fully saturated rings. The maximum atomic E-state index is 11.8. The van der Waals surface area contributed by atoms with Crippen molar-refractivity contribution in [2.45, 2.75) is 13.0 Å². The maximum absolute atomic E-state index is 11.8. The van der Waals surface area contributed by atoms with Crippen LogP contribution < -0.4 is 5.32 Å². The number of nitrogens with one attached hydrogen (secondary N) is 1. The normalized spacial score (nSPS) is 16.4. The molecule has 0 bridgehead atoms. The second-order valence-corrected chi connectivity index (χ2v) is 5.58. The second kappa shape index (κ2) is 6.85. The summed E-state index contributed by atoms with van der Waals surface area (Å²) in [5.74, 6) is -0.258. The van der Waals surface area contributed by atoms with E-state index in [-0.39, 0.29) is 11.9 Å². The highest BCUT2D eigenvalue weighted by Crippen LogP contribution is 2.19. The minimum absolute atomic E-state index is 0.0786. The van der Waals surface area contributed by atoms with Crippen LogP contribution in [0, 0.1) is 0 Å². The van der Waals surface area contributed by atoms with Crippen molar-refractivity contribution in [2.75, 3.05) is 26.7 Å². The Kier molecular flexibility index (Phi) is 5.14. The number of amides is 1. The van der Waals surface area contributed by atoms with Gasteiger partial charge in [-0.15, -0.1) is 0 Å². The molecule has 0 saturated carbocycles. The summed E-state index contributed by atoms with van der Waals surface area (Å²) in [7, 11) is 1.38. The van der Waals surface area contributed by atoms with Crippen molar-refractivity contribution in [3.63, 3.8) is 0 Å². The van der Waals surface area contributed by atoms with Crippen LogP contribution in [-0.2, 0) is 16.1 Å². The van der Waals surface area contributed by atoms with Crippen molar-refractivity contribution in [3.05, 3.63) is 33.8 Å². The zero-order valence-electron chi connectivity index (χ0n) is 11.3. The van der Waals surface area contributed by atoms with Gasteiger partial charge in [0.1, 0.15) is 0 Å². The highest BCUT2D eigenvalue weighted by Gasteiger charge is 2.17. The molecule has 1 N–H and O–H groups in total. The van der Waals surface area contributed by atoms with Gasteiger partial charge in [0.05, 0.1) is 12.7 Å². The third-order valence-electron chi connectivity index (χ3n) is 3.27. The standard InChI is InChI=1S/C14H17BrN2O3/c1-20-14(19)12-3-2-11(15)8-10(12)9-17-6-4-13(18)16-5-7-17/h2-3,8H,4-7,9H2,1H3,(H,16,18). The van der Waals surface area contributed by atoms with Crippen molar-refractivity contribution in [3.8, 4) is 0 Å². The first-order valence-corrected chi connectivity index (χ1v) is 7.25. The summed E-state index contributed by atoms with van der Waals surface area (Å²) in [5, 5.41) is 2.84. The summed E-state index contributed by atoms with van der Waals surface area (Å²) in [4.78, 5) is 25.3. The molecule has 1 aliphatic rings. The first kappa shape index (κ1) is 15.0. The summed E-state index contributed by atoms with van der Waals surface area (Å²) in [6, 6.07) is 5.50. The van der Waals surface area contributed by atoms with Gasteiger partial charge < -0.3 is 10.1 Å². The lowest BCUT2D eigenvalue weighted by Gasteiger charge is -2.20. The summed E-state index contributed by atoms with van der Waals surface area (Å²) >= 11 is 3.42. The van der Waals surface area contributed by atoms with Gasteiger partial charge in [-0.05, 0) is 23.8 Å². The largest absolute Gasteiger partial charge is 0.465 e. The van der Waals surface area contributed by atoms with Crippen LogP contribution in [0.25, 0.3) is 0 Å². The van der Waals surface area contributed by atoms with Gasteiger partial charge in [-0.3, -0.25) is 9.69 Å². The average molecular weight is 341 g/mol. The molecule has 1 aromatic carbocycles. The second-order valence-electron chi connectivity index (χ2n) is 4.67. The smallest absolute Gasteiger partial charge is 0.338 e. The van der Waals surface area contributed by atoms with E-state index >= 15 is 0 Å². The molecule has 0 spiro atoms. The van der Waals surface area contributed by atoms with Crippen molar-refractivity contribution in [1.82, 2.24) is 10.2 Å². The van der Waals surface area contributed by atoms with E-state index in [0.717, 1.165) is 16.6 Å². The first-order chi connectivity index (χ1) is 9.60. The van der Waals surface area contributed by atoms with Crippen LogP contribution in [0.15, 0.2) is 22.7 Å². The molecule has 1 aliphatic heterocycles. The van der Waals surface area contributed by atoms with E-state index in [1.165, 1.54) is 7.11 Å². The molecular formula is C14H17BrN2O3. The number of nitrogens with zero attached hydrogens (tertiary/aromatic N) is 1. The molecule has 0 radical (unpaired) electrons. The first-order valence-electron chi connectivity index (χ1n) is 6.46. The number of benzene rings is 1. The van der Waals surface area contributed by atoms with Crippen LogP contribution in [0.1, 0.15) is 22.3 Å². The highest BCUT2D eigenvalue weighted by molar-refractivity contribution is 9.10. The van der Waals surface area contributed by atoms with Gasteiger partial charge in [-0.1, -0.05) is 15.9 Å². The summed E-state index contributed by atoms with van der Waals surface area (Å²) in [6.07, 6.45) is 0.488. The fraction of sp³-hybridized carbons (Fsp3) is 0.429. The fourth-order valence-electron chi connectivity index (χ4n) is 2.21. The van der Waals surface area contributed by atoms with Crippen molar-refractivity contribution in [1.29, 1.82) is 0 Å². The molecule has 1 heterocycles. The molecule has 6 heteroatoms. The van der Waals surface area contributed by atoms with E-state index in [1.54, 1.807) is 6.07 Å². The van der Waals surface area contributed by atoms with Gasteiger partial charge in [0, 0.05) is 37.1 Å². The topological polar surface area (TPSA) is 58.6 Å². The van der Waals surface area contributed by atoms with E-state index in [4.69, 9.17) is 4.74 Å². The summed E-state index contributed by atoms with van der Waals surface area (Å²) in [5.41, 5.74) is 1.47. The van der Waals surface area contributed by atoms with Gasteiger partial charge in [0.25, 0.3) is 0 Å². The van der Waals surface area contributed by atoms with Crippen LogP contribution in [0.4, 0.5) is 0 Å². The molecule has 0 unspecified atom stereocenters. The zero-order chi connectivity index (χ0) is 14.5. The predicted molar refractivity (Wildman–Crippen MR) is 78.4 cm³/mol. The molecule has 20 heavy (non-hydrogen) atoms. The van der Waals surface area contributed by atoms with Crippen LogP contribution in [0.3, 0.4) is 0 Å². The number of esters is 1. The van der Waals surface area contributed by atoms with Gasteiger partial charge in [0.2, 0.25) is 5.91 Å². The Morgan fingerprint density at radius 1 is 1.45 bits per heavy atom. The summed E-state index contributed by atoms with van der Waals surface area (Å²) in [6.45, 7) is 2.73. The minimum Gasteiger partial charge on any atom is -0.465 e. The third kappa shape index (κ3) is 3.80. The molecule has 0 atom stereocenters. The van der Waals surface area contributed by atoms with Crippen LogP contribution in [-0.4, -0.2) is 43.5 Å². The minimum atomic E-state index is -0.337. The van der Waals surface area contributed by atoms with Crippen molar-refractivity contribution in [2.24, 2.45) is 0 Å². The van der Waals surface area contributed by atoms with E-state index in [2.05, 4.69) is 26.1 Å². The van der Waals surface area contributed by atoms with Gasteiger partial charge >= 0.3 is 5.97 Å². The lowest BCUT2D eigenvalue weighted by molar-refractivity contribution is -0.120. The SMILES string of the molecule is COC(=O)c1ccc(Br)cc1CN1CCNC(=O)CC1. The quantitative estimate of drug-likeness (QED) is 0.848. The van der Waals surface area contributed by atoms with Gasteiger partial charge in [-0.2, -0.15) is 0 Å². The molecule has 0 aromatic heterocycles. The van der Waals surface area contributed by atoms with Crippen molar-refractivity contribution >= 4 is 27.8 Å². The lowest BCUT2D eigenvalue weighted by Crippen LogP contribution is -2.28. The third-order valence-corrected chi connectivity index (χ3v) is 3.77. The highest BCUT2D eigenvalue weighted by atomic mass is 79.9. The Labute approximate surface area is 126 Å². The van der Waals surface area contributed by atoms with E-state index < -0.39 is 0 Å². The number of rotatable bonds is 3. The number of methoxy groups -OCH3 is 1. The molecule has 1 aromatic rings. The number of carbonyl (C=O) groups is 2. The number of ether oxygens (including phenoxy) is 1.